The summed E-state index contributed by atoms with van der Waals surface area (Å²) in [7, 11) is -4.72. The van der Waals surface area contributed by atoms with Gasteiger partial charge in [0, 0.05) is 30.7 Å². The highest BCUT2D eigenvalue weighted by Crippen LogP contribution is 2.37. The van der Waals surface area contributed by atoms with E-state index in [-0.39, 0.29) is 5.69 Å². The van der Waals surface area contributed by atoms with Gasteiger partial charge in [0.1, 0.15) is 28.0 Å². The molecule has 33 heavy (non-hydrogen) atoms. The first kappa shape index (κ1) is 22.5. The Bertz CT molecular complexity index is 1440. The van der Waals surface area contributed by atoms with Crippen LogP contribution in [0.15, 0.2) is 66.0 Å². The second kappa shape index (κ2) is 8.66. The summed E-state index contributed by atoms with van der Waals surface area (Å²) in [5.41, 5.74) is -0.300. The number of rotatable bonds is 6. The Kier molecular flexibility index (Phi) is 5.90. The molecule has 4 aromatic rings. The summed E-state index contributed by atoms with van der Waals surface area (Å²) in [4.78, 5) is 2.91. The number of sulfonamides is 1. The van der Waals surface area contributed by atoms with Crippen LogP contribution < -0.4 is 4.72 Å². The number of halogens is 4. The zero-order valence-corrected chi connectivity index (χ0v) is 17.9. The molecule has 2 heterocycles. The van der Waals surface area contributed by atoms with Crippen molar-refractivity contribution in [1.82, 2.24) is 14.8 Å². The lowest BCUT2D eigenvalue weighted by Gasteiger charge is -2.13. The van der Waals surface area contributed by atoms with Crippen LogP contribution in [-0.2, 0) is 16.6 Å². The van der Waals surface area contributed by atoms with Gasteiger partial charge in [0.25, 0.3) is 10.0 Å². The van der Waals surface area contributed by atoms with E-state index < -0.39 is 49.4 Å². The van der Waals surface area contributed by atoms with E-state index in [0.29, 0.717) is 29.8 Å². The molecule has 0 aliphatic carbocycles. The molecule has 2 aromatic carbocycles. The summed E-state index contributed by atoms with van der Waals surface area (Å²) in [5, 5.41) is 4.25. The third kappa shape index (κ3) is 4.31. The van der Waals surface area contributed by atoms with Crippen molar-refractivity contribution in [2.75, 3.05) is 4.72 Å². The van der Waals surface area contributed by atoms with Gasteiger partial charge >= 0.3 is 0 Å². The average Bonchev–Trinajstić information content (AvgIpc) is 3.22. The van der Waals surface area contributed by atoms with Crippen LogP contribution in [0.1, 0.15) is 6.92 Å². The van der Waals surface area contributed by atoms with E-state index in [0.717, 1.165) is 18.2 Å². The lowest BCUT2D eigenvalue weighted by molar-refractivity contribution is 0.554. The molecule has 0 amide bonds. The SMILES string of the molecule is CCn1cc(-c2ccncc2)c(-c2c(F)ccc(NS(=O)(=O)c3cc(F)ccc3F)c2F)n1. The number of aryl methyl sites for hydroxylation is 1. The van der Waals surface area contributed by atoms with Crippen molar-refractivity contribution in [2.45, 2.75) is 18.4 Å². The topological polar surface area (TPSA) is 76.9 Å². The Morgan fingerprint density at radius 1 is 0.970 bits per heavy atom. The maximum Gasteiger partial charge on any atom is 0.265 e. The smallest absolute Gasteiger partial charge is 0.265 e. The van der Waals surface area contributed by atoms with Crippen molar-refractivity contribution < 1.29 is 26.0 Å². The number of benzene rings is 2. The Hall–Kier alpha value is -3.73. The van der Waals surface area contributed by atoms with Crippen molar-refractivity contribution in [1.29, 1.82) is 0 Å². The zero-order valence-electron chi connectivity index (χ0n) is 17.1. The lowest BCUT2D eigenvalue weighted by Crippen LogP contribution is -2.16. The Morgan fingerprint density at radius 2 is 1.67 bits per heavy atom. The highest BCUT2D eigenvalue weighted by molar-refractivity contribution is 7.92. The zero-order chi connectivity index (χ0) is 23.8. The molecule has 0 fully saturated rings. The molecule has 0 spiro atoms. The molecule has 0 aliphatic rings. The van der Waals surface area contributed by atoms with Gasteiger partial charge in [-0.3, -0.25) is 14.4 Å². The summed E-state index contributed by atoms with van der Waals surface area (Å²) in [6.07, 6.45) is 4.61. The molecule has 170 valence electrons. The number of aromatic nitrogens is 3. The maximum absolute atomic E-state index is 15.5. The minimum Gasteiger partial charge on any atom is -0.277 e. The van der Waals surface area contributed by atoms with Gasteiger partial charge in [-0.15, -0.1) is 0 Å². The van der Waals surface area contributed by atoms with E-state index >= 15 is 4.39 Å². The van der Waals surface area contributed by atoms with E-state index in [2.05, 4.69) is 10.1 Å². The van der Waals surface area contributed by atoms with Gasteiger partial charge in [0.05, 0.1) is 11.3 Å². The van der Waals surface area contributed by atoms with E-state index in [1.54, 1.807) is 25.3 Å². The molecule has 4 rings (SSSR count). The Morgan fingerprint density at radius 3 is 2.36 bits per heavy atom. The monoisotopic (exact) mass is 476 g/mol. The molecular weight excluding hydrogens is 460 g/mol. The predicted octanol–water partition coefficient (Wildman–Crippen LogP) is 4.99. The van der Waals surface area contributed by atoms with Crippen LogP contribution in [-0.4, -0.2) is 23.2 Å². The van der Waals surface area contributed by atoms with E-state index in [9.17, 15) is 21.6 Å². The van der Waals surface area contributed by atoms with Crippen LogP contribution in [0.2, 0.25) is 0 Å². The van der Waals surface area contributed by atoms with Gasteiger partial charge in [0.2, 0.25) is 0 Å². The van der Waals surface area contributed by atoms with Crippen molar-refractivity contribution in [3.63, 3.8) is 0 Å². The van der Waals surface area contributed by atoms with Crippen molar-refractivity contribution in [3.8, 4) is 22.4 Å². The molecule has 0 saturated heterocycles. The third-order valence-electron chi connectivity index (χ3n) is 4.83. The lowest BCUT2D eigenvalue weighted by atomic mass is 10.0. The van der Waals surface area contributed by atoms with Crippen LogP contribution >= 0.6 is 0 Å². The van der Waals surface area contributed by atoms with Crippen LogP contribution in [0, 0.1) is 23.3 Å². The molecule has 0 atom stereocenters. The third-order valence-corrected chi connectivity index (χ3v) is 6.21. The average molecular weight is 476 g/mol. The standard InChI is InChI=1S/C22H16F4N4O2S/c1-2-30-12-15(13-7-9-27-10-8-13)22(28-30)20-17(25)5-6-18(21(20)26)29-33(31,32)19-11-14(23)3-4-16(19)24/h3-12,29H,2H2,1H3. The molecule has 2 aromatic heterocycles. The minimum absolute atomic E-state index is 0.0592. The highest BCUT2D eigenvalue weighted by Gasteiger charge is 2.26. The van der Waals surface area contributed by atoms with Gasteiger partial charge in [-0.1, -0.05) is 0 Å². The second-order valence-electron chi connectivity index (χ2n) is 6.95. The van der Waals surface area contributed by atoms with Crippen LogP contribution in [0.3, 0.4) is 0 Å². The molecular formula is C22H16F4N4O2S. The van der Waals surface area contributed by atoms with Crippen molar-refractivity contribution >= 4 is 15.7 Å². The molecule has 6 nitrogen and oxygen atoms in total. The number of hydrogen-bond donors (Lipinski definition) is 1. The van der Waals surface area contributed by atoms with Crippen LogP contribution in [0.5, 0.6) is 0 Å². The fourth-order valence-corrected chi connectivity index (χ4v) is 4.39. The summed E-state index contributed by atoms with van der Waals surface area (Å²) in [6, 6.07) is 6.82. The first-order valence-electron chi connectivity index (χ1n) is 9.65. The van der Waals surface area contributed by atoms with E-state index in [1.165, 1.54) is 17.1 Å². The summed E-state index contributed by atoms with van der Waals surface area (Å²) < 4.78 is 86.3. The first-order chi connectivity index (χ1) is 15.7. The second-order valence-corrected chi connectivity index (χ2v) is 8.60. The Balaban J connectivity index is 1.84. The number of hydrogen-bond acceptors (Lipinski definition) is 4. The van der Waals surface area contributed by atoms with Gasteiger partial charge in [0.15, 0.2) is 5.82 Å². The van der Waals surface area contributed by atoms with Crippen LogP contribution in [0.25, 0.3) is 22.4 Å². The molecule has 0 bridgehead atoms. The van der Waals surface area contributed by atoms with Gasteiger partial charge in [-0.2, -0.15) is 5.10 Å². The van der Waals surface area contributed by atoms with Gasteiger partial charge < -0.3 is 0 Å². The maximum atomic E-state index is 15.5. The summed E-state index contributed by atoms with van der Waals surface area (Å²) in [5.74, 6) is -4.46. The first-order valence-corrected chi connectivity index (χ1v) is 11.1. The van der Waals surface area contributed by atoms with Gasteiger partial charge in [-0.25, -0.2) is 26.0 Å². The Labute approximate surface area is 186 Å². The normalized spacial score (nSPS) is 11.5. The quantitative estimate of drug-likeness (QED) is 0.398. The largest absolute Gasteiger partial charge is 0.277 e. The number of nitrogens with zero attached hydrogens (tertiary/aromatic N) is 3. The molecule has 1 N–H and O–H groups in total. The number of nitrogens with one attached hydrogen (secondary N) is 1. The molecule has 11 heteroatoms. The van der Waals surface area contributed by atoms with Crippen molar-refractivity contribution in [2.24, 2.45) is 0 Å². The molecule has 0 unspecified atom stereocenters. The van der Waals surface area contributed by atoms with E-state index in [1.807, 2.05) is 4.72 Å². The van der Waals surface area contributed by atoms with Crippen molar-refractivity contribution in [3.05, 3.63) is 84.3 Å². The molecule has 0 radical (unpaired) electrons. The van der Waals surface area contributed by atoms with Crippen LogP contribution in [0.4, 0.5) is 23.2 Å². The minimum atomic E-state index is -4.72. The fraction of sp³-hybridized carbons (Fsp3) is 0.0909. The molecule has 0 saturated carbocycles. The fourth-order valence-electron chi connectivity index (χ4n) is 3.24. The summed E-state index contributed by atoms with van der Waals surface area (Å²) >= 11 is 0. The molecule has 0 aliphatic heterocycles. The number of pyridine rings is 1. The number of anilines is 1. The predicted molar refractivity (Wildman–Crippen MR) is 114 cm³/mol. The van der Waals surface area contributed by atoms with E-state index in [4.69, 9.17) is 0 Å². The summed E-state index contributed by atoms with van der Waals surface area (Å²) in [6.45, 7) is 2.20. The highest BCUT2D eigenvalue weighted by atomic mass is 32.2. The van der Waals surface area contributed by atoms with Gasteiger partial charge in [-0.05, 0) is 55.0 Å².